The van der Waals surface area contributed by atoms with E-state index in [2.05, 4.69) is 9.99 Å². The number of para-hydroxylation sites is 1. The van der Waals surface area contributed by atoms with E-state index in [0.29, 0.717) is 5.56 Å². The molecule has 0 atom stereocenters. The number of carbonyl (C=O) groups excluding carboxylic acids is 1. The Morgan fingerprint density at radius 3 is 2.93 bits per heavy atom. The monoisotopic (exact) mass is 193 g/mol. The molecule has 0 bridgehead atoms. The Hall–Kier alpha value is -1.84. The molecule has 0 amide bonds. The summed E-state index contributed by atoms with van der Waals surface area (Å²) in [6, 6.07) is 6.40. The lowest BCUT2D eigenvalue weighted by Crippen LogP contribution is -1.99. The first-order chi connectivity index (χ1) is 6.75. The standard InChI is InChI=1S/C10H11NO3/c1-14-11-7-6-10(13)8-4-2-3-5-9(8)12/h2-5,7,12H,6H2,1H3/b11-7+. The van der Waals surface area contributed by atoms with E-state index in [4.69, 9.17) is 0 Å². The van der Waals surface area contributed by atoms with Crippen LogP contribution in [0.4, 0.5) is 0 Å². The van der Waals surface area contributed by atoms with E-state index in [1.165, 1.54) is 19.4 Å². The largest absolute Gasteiger partial charge is 0.507 e. The van der Waals surface area contributed by atoms with Crippen molar-refractivity contribution in [2.24, 2.45) is 5.16 Å². The molecule has 0 fully saturated rings. The Balaban J connectivity index is 2.70. The minimum absolute atomic E-state index is 0.0108. The summed E-state index contributed by atoms with van der Waals surface area (Å²) >= 11 is 0. The van der Waals surface area contributed by atoms with Gasteiger partial charge in [-0.2, -0.15) is 0 Å². The fraction of sp³-hybridized carbons (Fsp3) is 0.200. The van der Waals surface area contributed by atoms with Crippen LogP contribution in [0.15, 0.2) is 29.4 Å². The van der Waals surface area contributed by atoms with E-state index in [0.717, 1.165) is 0 Å². The number of nitrogens with zero attached hydrogens (tertiary/aromatic N) is 1. The number of ketones is 1. The van der Waals surface area contributed by atoms with Crippen molar-refractivity contribution in [1.29, 1.82) is 0 Å². The fourth-order valence-electron chi connectivity index (χ4n) is 1.01. The summed E-state index contributed by atoms with van der Waals surface area (Å²) in [6.45, 7) is 0. The van der Waals surface area contributed by atoms with Crippen LogP contribution in [0.5, 0.6) is 5.75 Å². The number of hydrogen-bond donors (Lipinski definition) is 1. The Bertz CT molecular complexity index is 347. The highest BCUT2D eigenvalue weighted by atomic mass is 16.6. The molecule has 0 saturated carbocycles. The van der Waals surface area contributed by atoms with E-state index >= 15 is 0 Å². The summed E-state index contributed by atoms with van der Waals surface area (Å²) in [6.07, 6.45) is 1.47. The highest BCUT2D eigenvalue weighted by Gasteiger charge is 2.08. The number of carbonyl (C=O) groups is 1. The Kier molecular flexibility index (Phi) is 3.67. The maximum Gasteiger partial charge on any atom is 0.172 e. The Morgan fingerprint density at radius 2 is 2.29 bits per heavy atom. The number of Topliss-reactive ketones (excluding diaryl/α,β-unsaturated/α-hetero) is 1. The van der Waals surface area contributed by atoms with Crippen LogP contribution < -0.4 is 0 Å². The lowest BCUT2D eigenvalue weighted by molar-refractivity contribution is 0.0997. The van der Waals surface area contributed by atoms with E-state index in [9.17, 15) is 9.90 Å². The molecule has 0 aliphatic heterocycles. The smallest absolute Gasteiger partial charge is 0.172 e. The predicted molar refractivity (Wildman–Crippen MR) is 52.6 cm³/mol. The molecule has 14 heavy (non-hydrogen) atoms. The van der Waals surface area contributed by atoms with Crippen LogP contribution in [0.3, 0.4) is 0 Å². The molecule has 0 aliphatic carbocycles. The topological polar surface area (TPSA) is 58.9 Å². The number of phenolic OH excluding ortho intramolecular Hbond substituents is 1. The van der Waals surface area contributed by atoms with E-state index in [1.807, 2.05) is 0 Å². The second-order valence-corrected chi connectivity index (χ2v) is 2.62. The van der Waals surface area contributed by atoms with E-state index in [1.54, 1.807) is 18.2 Å². The first kappa shape index (κ1) is 10.2. The van der Waals surface area contributed by atoms with Gasteiger partial charge in [-0.05, 0) is 12.1 Å². The van der Waals surface area contributed by atoms with Gasteiger partial charge >= 0.3 is 0 Å². The average Bonchev–Trinajstić information content (AvgIpc) is 2.18. The van der Waals surface area contributed by atoms with Crippen molar-refractivity contribution < 1.29 is 14.7 Å². The molecule has 0 aliphatic rings. The zero-order valence-electron chi connectivity index (χ0n) is 7.80. The molecular weight excluding hydrogens is 182 g/mol. The minimum atomic E-state index is -0.191. The number of aromatic hydroxyl groups is 1. The first-order valence-electron chi connectivity index (χ1n) is 4.12. The van der Waals surface area contributed by atoms with Crippen LogP contribution in [-0.2, 0) is 4.84 Å². The lowest BCUT2D eigenvalue weighted by Gasteiger charge is -1.99. The van der Waals surface area contributed by atoms with Crippen LogP contribution in [0.25, 0.3) is 0 Å². The van der Waals surface area contributed by atoms with Gasteiger partial charge in [0.25, 0.3) is 0 Å². The zero-order valence-corrected chi connectivity index (χ0v) is 7.80. The molecule has 0 spiro atoms. The van der Waals surface area contributed by atoms with Gasteiger partial charge in [-0.3, -0.25) is 4.79 Å². The van der Waals surface area contributed by atoms with Gasteiger partial charge in [0.1, 0.15) is 12.9 Å². The van der Waals surface area contributed by atoms with Crippen molar-refractivity contribution in [1.82, 2.24) is 0 Å². The zero-order chi connectivity index (χ0) is 10.4. The summed E-state index contributed by atoms with van der Waals surface area (Å²) in [5, 5.41) is 12.8. The third kappa shape index (κ3) is 2.58. The van der Waals surface area contributed by atoms with E-state index in [-0.39, 0.29) is 18.0 Å². The normalized spacial score (nSPS) is 10.4. The molecule has 4 nitrogen and oxygen atoms in total. The number of benzene rings is 1. The molecule has 4 heteroatoms. The van der Waals surface area contributed by atoms with E-state index < -0.39 is 0 Å². The minimum Gasteiger partial charge on any atom is -0.507 e. The third-order valence-electron chi connectivity index (χ3n) is 1.66. The summed E-state index contributed by atoms with van der Waals surface area (Å²) < 4.78 is 0. The molecule has 0 saturated heterocycles. The highest BCUT2D eigenvalue weighted by molar-refractivity contribution is 6.05. The van der Waals surface area contributed by atoms with Gasteiger partial charge in [0, 0.05) is 6.42 Å². The maximum atomic E-state index is 11.4. The van der Waals surface area contributed by atoms with Crippen molar-refractivity contribution in [2.75, 3.05) is 7.11 Å². The number of phenols is 1. The lowest BCUT2D eigenvalue weighted by atomic mass is 10.1. The van der Waals surface area contributed by atoms with Crippen molar-refractivity contribution in [3.8, 4) is 5.75 Å². The van der Waals surface area contributed by atoms with Crippen molar-refractivity contribution >= 4 is 12.0 Å². The van der Waals surface area contributed by atoms with Crippen molar-refractivity contribution in [2.45, 2.75) is 6.42 Å². The summed E-state index contributed by atoms with van der Waals surface area (Å²) in [5.41, 5.74) is 0.301. The van der Waals surface area contributed by atoms with Crippen molar-refractivity contribution in [3.05, 3.63) is 29.8 Å². The second-order valence-electron chi connectivity index (χ2n) is 2.62. The maximum absolute atomic E-state index is 11.4. The predicted octanol–water partition coefficient (Wildman–Crippen LogP) is 1.60. The first-order valence-corrected chi connectivity index (χ1v) is 4.12. The SMILES string of the molecule is CO/N=C/CC(=O)c1ccccc1O. The highest BCUT2D eigenvalue weighted by Crippen LogP contribution is 2.16. The van der Waals surface area contributed by atoms with Gasteiger partial charge in [-0.25, -0.2) is 0 Å². The Morgan fingerprint density at radius 1 is 1.57 bits per heavy atom. The molecule has 1 aromatic carbocycles. The van der Waals surface area contributed by atoms with Crippen LogP contribution >= 0.6 is 0 Å². The molecule has 0 heterocycles. The number of hydrogen-bond acceptors (Lipinski definition) is 4. The molecule has 0 unspecified atom stereocenters. The molecule has 0 radical (unpaired) electrons. The van der Waals surface area contributed by atoms with Gasteiger partial charge in [0.2, 0.25) is 0 Å². The average molecular weight is 193 g/mol. The van der Waals surface area contributed by atoms with Crippen LogP contribution in [0.1, 0.15) is 16.8 Å². The molecule has 1 aromatic rings. The van der Waals surface area contributed by atoms with Gasteiger partial charge < -0.3 is 9.94 Å². The summed E-state index contributed by atoms with van der Waals surface area (Å²) in [4.78, 5) is 15.8. The van der Waals surface area contributed by atoms with Crippen molar-refractivity contribution in [3.63, 3.8) is 0 Å². The van der Waals surface area contributed by atoms with Gasteiger partial charge in [-0.1, -0.05) is 17.3 Å². The van der Waals surface area contributed by atoms with Gasteiger partial charge in [0.15, 0.2) is 5.78 Å². The third-order valence-corrected chi connectivity index (χ3v) is 1.66. The molecular formula is C10H11NO3. The molecule has 1 rings (SSSR count). The van der Waals surface area contributed by atoms with Gasteiger partial charge in [-0.15, -0.1) is 0 Å². The molecule has 1 N–H and O–H groups in total. The van der Waals surface area contributed by atoms with Crippen LogP contribution in [0.2, 0.25) is 0 Å². The molecule has 74 valence electrons. The number of oxime groups is 1. The molecule has 0 aromatic heterocycles. The second kappa shape index (κ2) is 5.01. The summed E-state index contributed by atoms with van der Waals surface area (Å²) in [7, 11) is 1.40. The summed E-state index contributed by atoms with van der Waals surface area (Å²) in [5.74, 6) is -0.202. The van der Waals surface area contributed by atoms with Crippen LogP contribution in [0, 0.1) is 0 Å². The Labute approximate surface area is 81.8 Å². The van der Waals surface area contributed by atoms with Gasteiger partial charge in [0.05, 0.1) is 11.8 Å². The number of rotatable bonds is 4. The fourth-order valence-corrected chi connectivity index (χ4v) is 1.01. The van der Waals surface area contributed by atoms with Crippen LogP contribution in [-0.4, -0.2) is 24.2 Å². The quantitative estimate of drug-likeness (QED) is 0.449.